The Morgan fingerprint density at radius 2 is 1.71 bits per heavy atom. The van der Waals surface area contributed by atoms with E-state index in [0.29, 0.717) is 43.6 Å². The maximum absolute atomic E-state index is 12.9. The Labute approximate surface area is 183 Å². The fourth-order valence-electron chi connectivity index (χ4n) is 4.40. The Balaban J connectivity index is 1.55. The molecule has 8 nitrogen and oxygen atoms in total. The zero-order valence-corrected chi connectivity index (χ0v) is 19.0. The lowest BCUT2D eigenvalue weighted by atomic mass is 9.91. The molecule has 4 amide bonds. The lowest BCUT2D eigenvalue weighted by Gasteiger charge is -2.33. The van der Waals surface area contributed by atoms with Gasteiger partial charge in [0.05, 0.1) is 11.1 Å². The first-order valence-electron chi connectivity index (χ1n) is 10.7. The molecular weight excluding hydrogens is 396 g/mol. The smallest absolute Gasteiger partial charge is 0.261 e. The second-order valence-corrected chi connectivity index (χ2v) is 9.62. The first kappa shape index (κ1) is 22.9. The van der Waals surface area contributed by atoms with Gasteiger partial charge in [0.1, 0.15) is 0 Å². The number of nitrogens with one attached hydrogen (secondary N) is 1. The first-order valence-corrected chi connectivity index (χ1v) is 10.7. The van der Waals surface area contributed by atoms with E-state index in [9.17, 15) is 19.2 Å². The molecule has 2 heterocycles. The average molecular weight is 429 g/mol. The summed E-state index contributed by atoms with van der Waals surface area (Å²) in [5.41, 5.74) is 0.976. The van der Waals surface area contributed by atoms with Crippen LogP contribution in [0.5, 0.6) is 0 Å². The highest BCUT2D eigenvalue weighted by Gasteiger charge is 2.34. The number of hydrogen-bond acceptors (Lipinski definition) is 5. The molecule has 0 saturated carbocycles. The van der Waals surface area contributed by atoms with Crippen LogP contribution in [-0.2, 0) is 4.79 Å². The largest absolute Gasteiger partial charge is 0.355 e. The van der Waals surface area contributed by atoms with Crippen molar-refractivity contribution in [2.24, 2.45) is 11.3 Å². The summed E-state index contributed by atoms with van der Waals surface area (Å²) >= 11 is 0. The molecule has 0 radical (unpaired) electrons. The van der Waals surface area contributed by atoms with Gasteiger partial charge < -0.3 is 15.1 Å². The highest BCUT2D eigenvalue weighted by molar-refractivity contribution is 6.21. The van der Waals surface area contributed by atoms with Crippen LogP contribution in [-0.4, -0.2) is 85.7 Å². The summed E-state index contributed by atoms with van der Waals surface area (Å²) in [5.74, 6) is -0.971. The Morgan fingerprint density at radius 1 is 1.10 bits per heavy atom. The van der Waals surface area contributed by atoms with E-state index in [1.165, 1.54) is 13.1 Å². The van der Waals surface area contributed by atoms with Crippen molar-refractivity contribution in [3.8, 4) is 0 Å². The summed E-state index contributed by atoms with van der Waals surface area (Å²) in [6.07, 6.45) is 1.22. The van der Waals surface area contributed by atoms with Crippen molar-refractivity contribution in [1.82, 2.24) is 20.0 Å². The van der Waals surface area contributed by atoms with E-state index in [-0.39, 0.29) is 40.5 Å². The number of nitrogens with zero attached hydrogens (tertiary/aromatic N) is 3. The Morgan fingerprint density at radius 3 is 2.32 bits per heavy atom. The van der Waals surface area contributed by atoms with Gasteiger partial charge in [-0.2, -0.15) is 0 Å². The molecule has 1 N–H and O–H groups in total. The van der Waals surface area contributed by atoms with Gasteiger partial charge in [-0.05, 0) is 50.6 Å². The van der Waals surface area contributed by atoms with Crippen molar-refractivity contribution in [3.05, 3.63) is 34.9 Å². The van der Waals surface area contributed by atoms with E-state index in [1.54, 1.807) is 17.0 Å². The van der Waals surface area contributed by atoms with E-state index in [1.807, 2.05) is 14.1 Å². The number of carbonyl (C=O) groups excluding carboxylic acids is 4. The maximum atomic E-state index is 12.9. The Bertz CT molecular complexity index is 901. The lowest BCUT2D eigenvalue weighted by Crippen LogP contribution is -2.46. The van der Waals surface area contributed by atoms with Crippen molar-refractivity contribution >= 4 is 23.6 Å². The molecule has 1 saturated heterocycles. The van der Waals surface area contributed by atoms with Crippen LogP contribution in [0.1, 0.15) is 57.8 Å². The number of piperidine rings is 1. The number of benzene rings is 1. The zero-order valence-electron chi connectivity index (χ0n) is 19.0. The van der Waals surface area contributed by atoms with Crippen molar-refractivity contribution in [1.29, 1.82) is 0 Å². The zero-order chi connectivity index (χ0) is 22.9. The van der Waals surface area contributed by atoms with Crippen LogP contribution in [0.25, 0.3) is 0 Å². The quantitative estimate of drug-likeness (QED) is 0.693. The topological polar surface area (TPSA) is 90.0 Å². The molecule has 0 atom stereocenters. The van der Waals surface area contributed by atoms with Crippen LogP contribution in [0, 0.1) is 11.3 Å². The van der Waals surface area contributed by atoms with Crippen LogP contribution >= 0.6 is 0 Å². The molecule has 3 rings (SSSR count). The minimum atomic E-state index is -0.387. The van der Waals surface area contributed by atoms with Crippen molar-refractivity contribution < 1.29 is 19.2 Å². The van der Waals surface area contributed by atoms with Crippen LogP contribution in [0.15, 0.2) is 18.2 Å². The van der Waals surface area contributed by atoms with Crippen molar-refractivity contribution in [3.63, 3.8) is 0 Å². The molecule has 1 aromatic carbocycles. The monoisotopic (exact) mass is 428 g/mol. The molecule has 2 aliphatic rings. The third-order valence-electron chi connectivity index (χ3n) is 5.97. The summed E-state index contributed by atoms with van der Waals surface area (Å²) in [4.78, 5) is 54.6. The molecule has 2 aliphatic heterocycles. The number of carbonyl (C=O) groups is 4. The van der Waals surface area contributed by atoms with Crippen LogP contribution < -0.4 is 5.32 Å². The number of rotatable bonds is 6. The van der Waals surface area contributed by atoms with Gasteiger partial charge in [0.2, 0.25) is 5.91 Å². The standard InChI is InChI=1S/C23H32N4O4/c1-23(2,14-25(3)4)13-24-19(28)15-8-10-27(11-9-15)20(29)16-6-7-17-18(12-16)22(31)26(5)21(17)30/h6-7,12,15H,8-11,13-14H2,1-5H3,(H,24,28). The fourth-order valence-corrected chi connectivity index (χ4v) is 4.40. The molecule has 0 unspecified atom stereocenters. The molecule has 31 heavy (non-hydrogen) atoms. The third-order valence-corrected chi connectivity index (χ3v) is 5.97. The van der Waals surface area contributed by atoms with Crippen LogP contribution in [0.4, 0.5) is 0 Å². The highest BCUT2D eigenvalue weighted by atomic mass is 16.2. The van der Waals surface area contributed by atoms with Gasteiger partial charge in [0, 0.05) is 44.7 Å². The molecule has 0 aliphatic carbocycles. The van der Waals surface area contributed by atoms with Gasteiger partial charge in [-0.3, -0.25) is 24.1 Å². The predicted octanol–water partition coefficient (Wildman–Crippen LogP) is 1.47. The Hall–Kier alpha value is -2.74. The minimum Gasteiger partial charge on any atom is -0.355 e. The normalized spacial score (nSPS) is 17.4. The average Bonchev–Trinajstić information content (AvgIpc) is 2.94. The summed E-state index contributed by atoms with van der Waals surface area (Å²) in [7, 11) is 5.47. The molecular formula is C23H32N4O4. The SMILES string of the molecule is CN(C)CC(C)(C)CNC(=O)C1CCN(C(=O)c2ccc3c(c2)C(=O)N(C)C3=O)CC1. The second kappa shape index (κ2) is 8.78. The van der Waals surface area contributed by atoms with Crippen LogP contribution in [0.2, 0.25) is 0 Å². The summed E-state index contributed by atoms with van der Waals surface area (Å²) in [6, 6.07) is 4.64. The molecule has 0 bridgehead atoms. The number of amides is 4. The van der Waals surface area contributed by atoms with Gasteiger partial charge in [-0.15, -0.1) is 0 Å². The van der Waals surface area contributed by atoms with Crippen LogP contribution in [0.3, 0.4) is 0 Å². The summed E-state index contributed by atoms with van der Waals surface area (Å²) < 4.78 is 0. The number of hydrogen-bond donors (Lipinski definition) is 1. The van der Waals surface area contributed by atoms with E-state index in [2.05, 4.69) is 24.1 Å². The van der Waals surface area contributed by atoms with Crippen molar-refractivity contribution in [2.75, 3.05) is 47.3 Å². The number of likely N-dealkylation sites (tertiary alicyclic amines) is 1. The molecule has 168 valence electrons. The number of imide groups is 1. The highest BCUT2D eigenvalue weighted by Crippen LogP contribution is 2.25. The lowest BCUT2D eigenvalue weighted by molar-refractivity contribution is -0.126. The van der Waals surface area contributed by atoms with E-state index < -0.39 is 0 Å². The number of fused-ring (bicyclic) bond motifs is 1. The van der Waals surface area contributed by atoms with Gasteiger partial charge >= 0.3 is 0 Å². The van der Waals surface area contributed by atoms with Crippen molar-refractivity contribution in [2.45, 2.75) is 26.7 Å². The maximum Gasteiger partial charge on any atom is 0.261 e. The Kier molecular flexibility index (Phi) is 6.50. The van der Waals surface area contributed by atoms with E-state index in [0.717, 1.165) is 11.4 Å². The molecule has 1 aromatic rings. The minimum absolute atomic E-state index is 0.0176. The second-order valence-electron chi connectivity index (χ2n) is 9.62. The molecule has 1 fully saturated rings. The molecule has 0 aromatic heterocycles. The predicted molar refractivity (Wildman–Crippen MR) is 117 cm³/mol. The van der Waals surface area contributed by atoms with Gasteiger partial charge in [-0.25, -0.2) is 0 Å². The van der Waals surface area contributed by atoms with Gasteiger partial charge in [0.15, 0.2) is 0 Å². The fraction of sp³-hybridized carbons (Fsp3) is 0.565. The van der Waals surface area contributed by atoms with E-state index >= 15 is 0 Å². The summed E-state index contributed by atoms with van der Waals surface area (Å²) in [5, 5.41) is 3.07. The van der Waals surface area contributed by atoms with E-state index in [4.69, 9.17) is 0 Å². The molecule has 0 spiro atoms. The van der Waals surface area contributed by atoms with Gasteiger partial charge in [0.25, 0.3) is 17.7 Å². The third kappa shape index (κ3) is 4.95. The van der Waals surface area contributed by atoms with Gasteiger partial charge in [-0.1, -0.05) is 13.8 Å². The summed E-state index contributed by atoms with van der Waals surface area (Å²) in [6.45, 7) is 6.72. The first-order chi connectivity index (χ1) is 14.5. The molecule has 8 heteroatoms.